The monoisotopic (exact) mass is 266 g/mol. The number of rotatable bonds is 2. The molecule has 3 amide bonds. The fourth-order valence-corrected chi connectivity index (χ4v) is 2.05. The maximum absolute atomic E-state index is 12.3. The van der Waals surface area contributed by atoms with Gasteiger partial charge in [0.25, 0.3) is 5.91 Å². The zero-order chi connectivity index (χ0) is 13.5. The predicted octanol–water partition coefficient (Wildman–Crippen LogP) is 2.87. The van der Waals surface area contributed by atoms with Gasteiger partial charge in [0.05, 0.1) is 5.69 Å². The molecule has 5 heteroatoms. The van der Waals surface area contributed by atoms with Crippen molar-refractivity contribution in [1.29, 1.82) is 0 Å². The summed E-state index contributed by atoms with van der Waals surface area (Å²) in [7, 11) is 0. The summed E-state index contributed by atoms with van der Waals surface area (Å²) in [6, 6.07) is 4.75. The van der Waals surface area contributed by atoms with Crippen molar-refractivity contribution in [2.24, 2.45) is 0 Å². The van der Waals surface area contributed by atoms with Gasteiger partial charge in [0.1, 0.15) is 5.54 Å². The molecule has 0 aromatic heterocycles. The van der Waals surface area contributed by atoms with Gasteiger partial charge >= 0.3 is 6.03 Å². The van der Waals surface area contributed by atoms with E-state index in [1.807, 2.05) is 13.8 Å². The van der Waals surface area contributed by atoms with Crippen LogP contribution in [0, 0.1) is 6.92 Å². The highest BCUT2D eigenvalue weighted by molar-refractivity contribution is 6.32. The number of imide groups is 1. The summed E-state index contributed by atoms with van der Waals surface area (Å²) in [5, 5.41) is 3.25. The van der Waals surface area contributed by atoms with E-state index in [1.165, 1.54) is 0 Å². The summed E-state index contributed by atoms with van der Waals surface area (Å²) < 4.78 is 0. The lowest BCUT2D eigenvalue weighted by atomic mass is 9.99. The van der Waals surface area contributed by atoms with Crippen molar-refractivity contribution in [2.45, 2.75) is 32.7 Å². The second-order valence-electron chi connectivity index (χ2n) is 4.69. The van der Waals surface area contributed by atoms with Gasteiger partial charge in [0.2, 0.25) is 0 Å². The number of nitrogens with one attached hydrogen (secondary N) is 1. The molecule has 0 spiro atoms. The third-order valence-corrected chi connectivity index (χ3v) is 3.79. The first kappa shape index (κ1) is 12.9. The number of hydrogen-bond donors (Lipinski definition) is 1. The first-order valence-electron chi connectivity index (χ1n) is 5.82. The topological polar surface area (TPSA) is 49.4 Å². The molecule has 18 heavy (non-hydrogen) atoms. The first-order chi connectivity index (χ1) is 8.39. The molecule has 1 heterocycles. The van der Waals surface area contributed by atoms with E-state index in [2.05, 4.69) is 5.32 Å². The van der Waals surface area contributed by atoms with Crippen LogP contribution in [-0.2, 0) is 4.79 Å². The Kier molecular flexibility index (Phi) is 3.07. The van der Waals surface area contributed by atoms with Gasteiger partial charge in [0.15, 0.2) is 0 Å². The van der Waals surface area contributed by atoms with Crippen LogP contribution in [0.15, 0.2) is 18.2 Å². The van der Waals surface area contributed by atoms with E-state index in [0.29, 0.717) is 17.1 Å². The average molecular weight is 267 g/mol. The molecule has 4 nitrogen and oxygen atoms in total. The Bertz CT molecular complexity index is 530. The summed E-state index contributed by atoms with van der Waals surface area (Å²) in [6.45, 7) is 5.46. The van der Waals surface area contributed by atoms with E-state index in [1.54, 1.807) is 25.1 Å². The molecule has 0 bridgehead atoms. The lowest BCUT2D eigenvalue weighted by Crippen LogP contribution is -2.43. The second kappa shape index (κ2) is 4.28. The zero-order valence-corrected chi connectivity index (χ0v) is 11.3. The molecule has 1 fully saturated rings. The van der Waals surface area contributed by atoms with Gasteiger partial charge in [-0.1, -0.05) is 24.6 Å². The normalized spacial score (nSPS) is 23.4. The molecule has 0 radical (unpaired) electrons. The molecule has 0 aliphatic carbocycles. The number of aryl methyl sites for hydroxylation is 1. The molecular formula is C13H15ClN2O2. The third-order valence-electron chi connectivity index (χ3n) is 3.38. The number of carbonyl (C=O) groups is 2. The molecule has 96 valence electrons. The van der Waals surface area contributed by atoms with Gasteiger partial charge < -0.3 is 5.32 Å². The van der Waals surface area contributed by atoms with E-state index in [0.717, 1.165) is 10.5 Å². The van der Waals surface area contributed by atoms with Crippen molar-refractivity contribution in [2.75, 3.05) is 4.90 Å². The standard InChI is InChI=1S/C13H15ClN2O2/c1-4-13(3)11(17)16(12(18)15-13)9-6-5-8(2)10(14)7-9/h5-7H,4H2,1-3H3,(H,15,18). The van der Waals surface area contributed by atoms with E-state index in [4.69, 9.17) is 11.6 Å². The summed E-state index contributed by atoms with van der Waals surface area (Å²) in [5.41, 5.74) is 0.588. The molecule has 1 saturated heterocycles. The number of hydrogen-bond acceptors (Lipinski definition) is 2. The van der Waals surface area contributed by atoms with Crippen LogP contribution < -0.4 is 10.2 Å². The van der Waals surface area contributed by atoms with Gasteiger partial charge in [-0.25, -0.2) is 9.69 Å². The molecule has 1 unspecified atom stereocenters. The van der Waals surface area contributed by atoms with E-state index in [9.17, 15) is 9.59 Å². The minimum absolute atomic E-state index is 0.241. The molecule has 1 aliphatic heterocycles. The number of halogens is 1. The summed E-state index contributed by atoms with van der Waals surface area (Å²) in [4.78, 5) is 25.3. The van der Waals surface area contributed by atoms with Gasteiger partial charge in [-0.2, -0.15) is 0 Å². The Morgan fingerprint density at radius 1 is 1.39 bits per heavy atom. The van der Waals surface area contributed by atoms with E-state index >= 15 is 0 Å². The second-order valence-corrected chi connectivity index (χ2v) is 5.10. The minimum atomic E-state index is -0.825. The highest BCUT2D eigenvalue weighted by atomic mass is 35.5. The van der Waals surface area contributed by atoms with E-state index in [-0.39, 0.29) is 5.91 Å². The predicted molar refractivity (Wildman–Crippen MR) is 70.9 cm³/mol. The van der Waals surface area contributed by atoms with Crippen molar-refractivity contribution in [3.8, 4) is 0 Å². The average Bonchev–Trinajstić information content (AvgIpc) is 2.55. The third kappa shape index (κ3) is 1.86. The van der Waals surface area contributed by atoms with Crippen LogP contribution in [0.4, 0.5) is 10.5 Å². The van der Waals surface area contributed by atoms with Crippen LogP contribution >= 0.6 is 11.6 Å². The van der Waals surface area contributed by atoms with Crippen molar-refractivity contribution < 1.29 is 9.59 Å². The van der Waals surface area contributed by atoms with Crippen molar-refractivity contribution in [3.05, 3.63) is 28.8 Å². The van der Waals surface area contributed by atoms with Crippen LogP contribution in [0.5, 0.6) is 0 Å². The lowest BCUT2D eigenvalue weighted by molar-refractivity contribution is -0.121. The lowest BCUT2D eigenvalue weighted by Gasteiger charge is -2.19. The molecule has 1 aromatic carbocycles. The summed E-state index contributed by atoms with van der Waals surface area (Å²) in [5.74, 6) is -0.241. The maximum atomic E-state index is 12.3. The van der Waals surface area contributed by atoms with Crippen LogP contribution in [0.3, 0.4) is 0 Å². The molecule has 0 saturated carbocycles. The van der Waals surface area contributed by atoms with Crippen LogP contribution in [0.1, 0.15) is 25.8 Å². The number of urea groups is 1. The largest absolute Gasteiger partial charge is 0.329 e. The SMILES string of the molecule is CCC1(C)NC(=O)N(c2ccc(C)c(Cl)c2)C1=O. The summed E-state index contributed by atoms with van der Waals surface area (Å²) >= 11 is 6.02. The number of amides is 3. The maximum Gasteiger partial charge on any atom is 0.329 e. The van der Waals surface area contributed by atoms with Gasteiger partial charge in [-0.3, -0.25) is 4.79 Å². The Morgan fingerprint density at radius 2 is 2.06 bits per heavy atom. The Balaban J connectivity index is 2.42. The fourth-order valence-electron chi connectivity index (χ4n) is 1.88. The molecule has 1 aromatic rings. The van der Waals surface area contributed by atoms with Crippen molar-refractivity contribution >= 4 is 29.2 Å². The van der Waals surface area contributed by atoms with Crippen LogP contribution in [0.2, 0.25) is 5.02 Å². The number of anilines is 1. The highest BCUT2D eigenvalue weighted by Crippen LogP contribution is 2.29. The Hall–Kier alpha value is -1.55. The van der Waals surface area contributed by atoms with Crippen LogP contribution in [0.25, 0.3) is 0 Å². The minimum Gasteiger partial charge on any atom is -0.323 e. The zero-order valence-electron chi connectivity index (χ0n) is 10.6. The molecule has 1 atom stereocenters. The number of nitrogens with zero attached hydrogens (tertiary/aromatic N) is 1. The molecule has 1 aliphatic rings. The summed E-state index contributed by atoms with van der Waals surface area (Å²) in [6.07, 6.45) is 0.549. The van der Waals surface area contributed by atoms with Gasteiger partial charge in [0, 0.05) is 5.02 Å². The number of benzene rings is 1. The molecule has 1 N–H and O–H groups in total. The smallest absolute Gasteiger partial charge is 0.323 e. The first-order valence-corrected chi connectivity index (χ1v) is 6.19. The van der Waals surface area contributed by atoms with Gasteiger partial charge in [-0.15, -0.1) is 0 Å². The highest BCUT2D eigenvalue weighted by Gasteiger charge is 2.47. The quantitative estimate of drug-likeness (QED) is 0.837. The fraction of sp³-hybridized carbons (Fsp3) is 0.385. The Labute approximate surface area is 111 Å². The van der Waals surface area contributed by atoms with Gasteiger partial charge in [-0.05, 0) is 38.0 Å². The van der Waals surface area contributed by atoms with Crippen molar-refractivity contribution in [3.63, 3.8) is 0 Å². The molecule has 2 rings (SSSR count). The van der Waals surface area contributed by atoms with Crippen LogP contribution in [-0.4, -0.2) is 17.5 Å². The van der Waals surface area contributed by atoms with E-state index < -0.39 is 11.6 Å². The Morgan fingerprint density at radius 3 is 2.56 bits per heavy atom. The number of carbonyl (C=O) groups excluding carboxylic acids is 2. The molecular weight excluding hydrogens is 252 g/mol. The van der Waals surface area contributed by atoms with Crippen molar-refractivity contribution in [1.82, 2.24) is 5.32 Å².